The van der Waals surface area contributed by atoms with E-state index in [1.165, 1.54) is 36.4 Å². The number of benzene rings is 2. The fourth-order valence-corrected chi connectivity index (χ4v) is 1.29. The van der Waals surface area contributed by atoms with Crippen molar-refractivity contribution in [1.29, 1.82) is 0 Å². The van der Waals surface area contributed by atoms with E-state index < -0.39 is 17.6 Å². The quantitative estimate of drug-likeness (QED) is 0.589. The third-order valence-corrected chi connectivity index (χ3v) is 2.12. The number of hydrogen-bond acceptors (Lipinski definition) is 2. The van der Waals surface area contributed by atoms with Gasteiger partial charge in [0.1, 0.15) is 17.4 Å². The summed E-state index contributed by atoms with van der Waals surface area (Å²) in [6.07, 6.45) is 0. The highest BCUT2D eigenvalue weighted by molar-refractivity contribution is 5.91. The highest BCUT2D eigenvalue weighted by atomic mass is 19.1. The number of hydrogen-bond donors (Lipinski definition) is 0. The normalized spacial score (nSPS) is 10.0. The lowest BCUT2D eigenvalue weighted by molar-refractivity contribution is 0.0729. The van der Waals surface area contributed by atoms with Crippen LogP contribution in [-0.4, -0.2) is 5.97 Å². The largest absolute Gasteiger partial charge is 0.423 e. The fourth-order valence-electron chi connectivity index (χ4n) is 1.29. The molecule has 0 heterocycles. The Labute approximate surface area is 96.5 Å². The van der Waals surface area contributed by atoms with Crippen LogP contribution in [0, 0.1) is 11.6 Å². The molecule has 0 amide bonds. The molecule has 0 aliphatic heterocycles. The van der Waals surface area contributed by atoms with Crippen molar-refractivity contribution >= 4 is 5.97 Å². The summed E-state index contributed by atoms with van der Waals surface area (Å²) >= 11 is 0. The van der Waals surface area contributed by atoms with Gasteiger partial charge in [-0.3, -0.25) is 0 Å². The zero-order chi connectivity index (χ0) is 12.3. The molecular weight excluding hydrogens is 226 g/mol. The Hall–Kier alpha value is -2.23. The molecular formula is C13H8F2O2. The van der Waals surface area contributed by atoms with Crippen LogP contribution >= 0.6 is 0 Å². The predicted molar refractivity (Wildman–Crippen MR) is 57.8 cm³/mol. The summed E-state index contributed by atoms with van der Waals surface area (Å²) in [5, 5.41) is 0. The SMILES string of the molecule is O=C(Oc1ccc(F)cc1)c1ccccc1F. The average molecular weight is 234 g/mol. The maximum atomic E-state index is 13.2. The van der Waals surface area contributed by atoms with Gasteiger partial charge >= 0.3 is 5.97 Å². The Bertz CT molecular complexity index is 535. The smallest absolute Gasteiger partial charge is 0.346 e. The average Bonchev–Trinajstić information content (AvgIpc) is 2.32. The molecule has 2 rings (SSSR count). The first kappa shape index (κ1) is 11.3. The second kappa shape index (κ2) is 4.74. The van der Waals surface area contributed by atoms with Crippen molar-refractivity contribution in [3.8, 4) is 5.75 Å². The van der Waals surface area contributed by atoms with Crippen LogP contribution < -0.4 is 4.74 Å². The molecule has 0 N–H and O–H groups in total. The summed E-state index contributed by atoms with van der Waals surface area (Å²) in [6.45, 7) is 0. The van der Waals surface area contributed by atoms with Crippen molar-refractivity contribution in [3.63, 3.8) is 0 Å². The number of carbonyl (C=O) groups excluding carboxylic acids is 1. The zero-order valence-corrected chi connectivity index (χ0v) is 8.69. The Morgan fingerprint density at radius 3 is 2.24 bits per heavy atom. The first-order valence-electron chi connectivity index (χ1n) is 4.89. The summed E-state index contributed by atoms with van der Waals surface area (Å²) in [7, 11) is 0. The Kier molecular flexibility index (Phi) is 3.14. The number of carbonyl (C=O) groups is 1. The molecule has 17 heavy (non-hydrogen) atoms. The highest BCUT2D eigenvalue weighted by Gasteiger charge is 2.12. The van der Waals surface area contributed by atoms with Gasteiger partial charge in [0, 0.05) is 0 Å². The van der Waals surface area contributed by atoms with Crippen LogP contribution in [0.4, 0.5) is 8.78 Å². The van der Waals surface area contributed by atoms with Gasteiger partial charge in [0.2, 0.25) is 0 Å². The zero-order valence-electron chi connectivity index (χ0n) is 8.69. The van der Waals surface area contributed by atoms with E-state index in [-0.39, 0.29) is 11.3 Å². The molecule has 2 aromatic rings. The number of ether oxygens (including phenoxy) is 1. The van der Waals surface area contributed by atoms with Gasteiger partial charge in [-0.25, -0.2) is 13.6 Å². The Morgan fingerprint density at radius 1 is 0.941 bits per heavy atom. The Morgan fingerprint density at radius 2 is 1.59 bits per heavy atom. The van der Waals surface area contributed by atoms with Crippen molar-refractivity contribution in [3.05, 3.63) is 65.7 Å². The molecule has 0 aliphatic rings. The molecule has 0 unspecified atom stereocenters. The topological polar surface area (TPSA) is 26.3 Å². The summed E-state index contributed by atoms with van der Waals surface area (Å²) < 4.78 is 30.7. The molecule has 0 fully saturated rings. The molecule has 4 heteroatoms. The molecule has 86 valence electrons. The van der Waals surface area contributed by atoms with Gasteiger partial charge in [-0.05, 0) is 36.4 Å². The first-order chi connectivity index (χ1) is 8.16. The fraction of sp³-hybridized carbons (Fsp3) is 0. The van der Waals surface area contributed by atoms with E-state index in [0.717, 1.165) is 12.1 Å². The van der Waals surface area contributed by atoms with Gasteiger partial charge < -0.3 is 4.74 Å². The predicted octanol–water partition coefficient (Wildman–Crippen LogP) is 3.18. The van der Waals surface area contributed by atoms with Gasteiger partial charge in [0.05, 0.1) is 5.56 Å². The van der Waals surface area contributed by atoms with Gasteiger partial charge in [0.25, 0.3) is 0 Å². The van der Waals surface area contributed by atoms with E-state index in [1.54, 1.807) is 0 Å². The summed E-state index contributed by atoms with van der Waals surface area (Å²) in [5.74, 6) is -1.73. The standard InChI is InChI=1S/C13H8F2O2/c14-9-5-7-10(8-6-9)17-13(16)11-3-1-2-4-12(11)15/h1-8H. The lowest BCUT2D eigenvalue weighted by Crippen LogP contribution is -2.10. The van der Waals surface area contributed by atoms with E-state index in [0.29, 0.717) is 0 Å². The highest BCUT2D eigenvalue weighted by Crippen LogP contribution is 2.14. The lowest BCUT2D eigenvalue weighted by atomic mass is 10.2. The van der Waals surface area contributed by atoms with Crippen molar-refractivity contribution < 1.29 is 18.3 Å². The maximum Gasteiger partial charge on any atom is 0.346 e. The molecule has 0 atom stereocenters. The van der Waals surface area contributed by atoms with Crippen molar-refractivity contribution in [1.82, 2.24) is 0 Å². The third kappa shape index (κ3) is 2.66. The van der Waals surface area contributed by atoms with Crippen LogP contribution in [0.3, 0.4) is 0 Å². The van der Waals surface area contributed by atoms with Crippen LogP contribution in [0.5, 0.6) is 5.75 Å². The minimum absolute atomic E-state index is 0.156. The molecule has 0 saturated heterocycles. The van der Waals surface area contributed by atoms with Gasteiger partial charge in [-0.15, -0.1) is 0 Å². The summed E-state index contributed by atoms with van der Waals surface area (Å²) in [6, 6.07) is 10.4. The molecule has 2 aromatic carbocycles. The number of halogens is 2. The molecule has 0 bridgehead atoms. The van der Waals surface area contributed by atoms with Crippen LogP contribution in [0.25, 0.3) is 0 Å². The van der Waals surface area contributed by atoms with Crippen LogP contribution in [0.2, 0.25) is 0 Å². The summed E-state index contributed by atoms with van der Waals surface area (Å²) in [4.78, 5) is 11.6. The van der Waals surface area contributed by atoms with E-state index in [9.17, 15) is 13.6 Å². The Balaban J connectivity index is 2.17. The molecule has 2 nitrogen and oxygen atoms in total. The number of esters is 1. The van der Waals surface area contributed by atoms with E-state index in [2.05, 4.69) is 0 Å². The molecule has 0 spiro atoms. The minimum Gasteiger partial charge on any atom is -0.423 e. The summed E-state index contributed by atoms with van der Waals surface area (Å²) in [5.41, 5.74) is -0.156. The molecule has 0 radical (unpaired) electrons. The molecule has 0 aliphatic carbocycles. The van der Waals surface area contributed by atoms with Crippen LogP contribution in [-0.2, 0) is 0 Å². The maximum absolute atomic E-state index is 13.2. The van der Waals surface area contributed by atoms with E-state index >= 15 is 0 Å². The second-order valence-corrected chi connectivity index (χ2v) is 3.32. The molecule has 0 aromatic heterocycles. The second-order valence-electron chi connectivity index (χ2n) is 3.32. The molecule has 0 saturated carbocycles. The first-order valence-corrected chi connectivity index (χ1v) is 4.89. The number of rotatable bonds is 2. The monoisotopic (exact) mass is 234 g/mol. The van der Waals surface area contributed by atoms with Gasteiger partial charge in [0.15, 0.2) is 0 Å². The van der Waals surface area contributed by atoms with Crippen LogP contribution in [0.1, 0.15) is 10.4 Å². The van der Waals surface area contributed by atoms with Crippen molar-refractivity contribution in [2.45, 2.75) is 0 Å². The minimum atomic E-state index is -0.810. The lowest BCUT2D eigenvalue weighted by Gasteiger charge is -2.04. The van der Waals surface area contributed by atoms with Gasteiger partial charge in [-0.1, -0.05) is 12.1 Å². The van der Waals surface area contributed by atoms with Crippen molar-refractivity contribution in [2.75, 3.05) is 0 Å². The van der Waals surface area contributed by atoms with E-state index in [4.69, 9.17) is 4.74 Å². The van der Waals surface area contributed by atoms with Crippen molar-refractivity contribution in [2.24, 2.45) is 0 Å². The third-order valence-electron chi connectivity index (χ3n) is 2.12. The van der Waals surface area contributed by atoms with E-state index in [1.807, 2.05) is 0 Å². The van der Waals surface area contributed by atoms with Crippen LogP contribution in [0.15, 0.2) is 48.5 Å². The van der Waals surface area contributed by atoms with Gasteiger partial charge in [-0.2, -0.15) is 0 Å².